The summed E-state index contributed by atoms with van der Waals surface area (Å²) in [6, 6.07) is 12.8. The van der Waals surface area contributed by atoms with E-state index in [1.54, 1.807) is 43.3 Å². The van der Waals surface area contributed by atoms with Crippen LogP contribution in [-0.4, -0.2) is 35.4 Å². The van der Waals surface area contributed by atoms with Crippen LogP contribution in [0.1, 0.15) is 58.3 Å². The third kappa shape index (κ3) is 9.35. The monoisotopic (exact) mass is 472 g/mol. The van der Waals surface area contributed by atoms with Gasteiger partial charge in [0.15, 0.2) is 29.6 Å². The molecule has 0 aliphatic carbocycles. The number of carbonyl (C=O) groups is 1. The molecule has 0 saturated heterocycles. The number of hydrogen-bond acceptors (Lipinski definition) is 7. The van der Waals surface area contributed by atoms with Gasteiger partial charge < -0.3 is 24.4 Å². The van der Waals surface area contributed by atoms with Gasteiger partial charge in [0, 0.05) is 0 Å². The lowest BCUT2D eigenvalue weighted by Crippen LogP contribution is -2.46. The Morgan fingerprint density at radius 3 is 1.94 bits per heavy atom. The molecule has 7 nitrogen and oxygen atoms in total. The molecule has 7 heteroatoms. The van der Waals surface area contributed by atoms with Gasteiger partial charge in [-0.2, -0.15) is 0 Å². The smallest absolute Gasteiger partial charge is 0.372 e. The number of esters is 1. The molecule has 186 valence electrons. The summed E-state index contributed by atoms with van der Waals surface area (Å²) in [4.78, 5) is 12.1. The molecule has 0 aliphatic heterocycles. The summed E-state index contributed by atoms with van der Waals surface area (Å²) >= 11 is 0. The first kappa shape index (κ1) is 27.1. The van der Waals surface area contributed by atoms with Crippen LogP contribution >= 0.6 is 0 Å². The molecule has 2 rings (SSSR count). The lowest BCUT2D eigenvalue weighted by Gasteiger charge is -2.34. The standard InChI is InChI=1S/C27H36O7/c1-3-5-6-7-8-9-10-15-20-27(32-21-26(30)31-4-2,33-24-18-13-11-16-22(24)28)34-25-19-14-12-17-23(25)29/h3,11-14,16-19,28-29H,1,4-10,15,20-21H2,2H3. The second kappa shape index (κ2) is 14.9. The van der Waals surface area contributed by atoms with E-state index >= 15 is 0 Å². The Bertz CT molecular complexity index is 833. The molecule has 0 amide bonds. The normalized spacial score (nSPS) is 11.1. The highest BCUT2D eigenvalue weighted by Gasteiger charge is 2.39. The number of unbranched alkanes of at least 4 members (excludes halogenated alkanes) is 6. The van der Waals surface area contributed by atoms with Crippen LogP contribution < -0.4 is 9.47 Å². The maximum absolute atomic E-state index is 12.1. The molecule has 0 heterocycles. The van der Waals surface area contributed by atoms with E-state index in [4.69, 9.17) is 18.9 Å². The van der Waals surface area contributed by atoms with Gasteiger partial charge in [0.25, 0.3) is 0 Å². The van der Waals surface area contributed by atoms with Crippen LogP contribution in [0.3, 0.4) is 0 Å². The molecule has 0 aromatic heterocycles. The van der Waals surface area contributed by atoms with E-state index in [0.29, 0.717) is 6.42 Å². The van der Waals surface area contributed by atoms with E-state index in [0.717, 1.165) is 38.5 Å². The molecule has 2 N–H and O–H groups in total. The predicted molar refractivity (Wildman–Crippen MR) is 130 cm³/mol. The van der Waals surface area contributed by atoms with Crippen molar-refractivity contribution in [3.8, 4) is 23.0 Å². The van der Waals surface area contributed by atoms with Gasteiger partial charge >= 0.3 is 11.9 Å². The van der Waals surface area contributed by atoms with Crippen LogP contribution in [0.5, 0.6) is 23.0 Å². The van der Waals surface area contributed by atoms with Gasteiger partial charge in [0.1, 0.15) is 0 Å². The largest absolute Gasteiger partial charge is 0.504 e. The number of benzene rings is 2. The van der Waals surface area contributed by atoms with Crippen molar-refractivity contribution in [3.05, 3.63) is 61.2 Å². The van der Waals surface area contributed by atoms with Crippen molar-refractivity contribution in [3.63, 3.8) is 0 Å². The summed E-state index contributed by atoms with van der Waals surface area (Å²) in [5.41, 5.74) is 0. The van der Waals surface area contributed by atoms with Gasteiger partial charge in [0.05, 0.1) is 13.0 Å². The predicted octanol–water partition coefficient (Wildman–Crippen LogP) is 6.10. The molecule has 2 aromatic rings. The van der Waals surface area contributed by atoms with E-state index in [1.165, 1.54) is 12.1 Å². The SMILES string of the molecule is C=CCCCCCCCCC(OCC(=O)OCC)(Oc1ccccc1O)Oc1ccccc1O. The minimum atomic E-state index is -1.77. The fraction of sp³-hybridized carbons (Fsp3) is 0.444. The summed E-state index contributed by atoms with van der Waals surface area (Å²) in [6.07, 6.45) is 9.17. The summed E-state index contributed by atoms with van der Waals surface area (Å²) in [6.45, 7) is 5.24. The fourth-order valence-electron chi connectivity index (χ4n) is 3.38. The summed E-state index contributed by atoms with van der Waals surface area (Å²) < 4.78 is 23.0. The third-order valence-electron chi connectivity index (χ3n) is 5.12. The average molecular weight is 473 g/mol. The lowest BCUT2D eigenvalue weighted by atomic mass is 10.1. The number of allylic oxidation sites excluding steroid dienone is 1. The number of carbonyl (C=O) groups excluding carboxylic acids is 1. The number of para-hydroxylation sites is 4. The van der Waals surface area contributed by atoms with Crippen molar-refractivity contribution in [1.29, 1.82) is 0 Å². The molecule has 0 unspecified atom stereocenters. The number of aromatic hydroxyl groups is 2. The van der Waals surface area contributed by atoms with Crippen molar-refractivity contribution in [1.82, 2.24) is 0 Å². The number of rotatable bonds is 17. The zero-order valence-electron chi connectivity index (χ0n) is 19.9. The molecule has 0 atom stereocenters. The van der Waals surface area contributed by atoms with E-state index in [-0.39, 0.29) is 36.0 Å². The molecule has 0 bridgehead atoms. The third-order valence-corrected chi connectivity index (χ3v) is 5.12. The van der Waals surface area contributed by atoms with Gasteiger partial charge in [-0.15, -0.1) is 6.58 Å². The number of phenolic OH excluding ortho intramolecular Hbond substituents is 2. The highest BCUT2D eigenvalue weighted by Crippen LogP contribution is 2.36. The van der Waals surface area contributed by atoms with Crippen molar-refractivity contribution in [2.45, 2.75) is 64.3 Å². The van der Waals surface area contributed by atoms with Gasteiger partial charge in [-0.05, 0) is 50.5 Å². The van der Waals surface area contributed by atoms with Gasteiger partial charge in [-0.1, -0.05) is 56.0 Å². The molecule has 0 saturated carbocycles. The van der Waals surface area contributed by atoms with E-state index < -0.39 is 18.5 Å². The second-order valence-electron chi connectivity index (χ2n) is 7.86. The number of ether oxygens (including phenoxy) is 4. The van der Waals surface area contributed by atoms with Crippen molar-refractivity contribution < 1.29 is 34.0 Å². The summed E-state index contributed by atoms with van der Waals surface area (Å²) in [7, 11) is 0. The average Bonchev–Trinajstić information content (AvgIpc) is 2.83. The minimum Gasteiger partial charge on any atom is -0.504 e. The van der Waals surface area contributed by atoms with Crippen LogP contribution in [0.4, 0.5) is 0 Å². The van der Waals surface area contributed by atoms with Crippen LogP contribution in [0.2, 0.25) is 0 Å². The molecule has 0 fully saturated rings. The maximum Gasteiger partial charge on any atom is 0.372 e. The van der Waals surface area contributed by atoms with Crippen molar-refractivity contribution in [2.75, 3.05) is 13.2 Å². The summed E-state index contributed by atoms with van der Waals surface area (Å²) in [5.74, 6) is -2.29. The quantitative estimate of drug-likeness (QED) is 0.124. The Morgan fingerprint density at radius 2 is 1.41 bits per heavy atom. The van der Waals surface area contributed by atoms with E-state index in [9.17, 15) is 15.0 Å². The highest BCUT2D eigenvalue weighted by atomic mass is 16.9. The van der Waals surface area contributed by atoms with E-state index in [1.807, 2.05) is 6.08 Å². The van der Waals surface area contributed by atoms with Crippen molar-refractivity contribution in [2.24, 2.45) is 0 Å². The first-order valence-corrected chi connectivity index (χ1v) is 11.8. The van der Waals surface area contributed by atoms with Crippen LogP contribution in [-0.2, 0) is 14.3 Å². The molecule has 2 aromatic carbocycles. The van der Waals surface area contributed by atoms with Gasteiger partial charge in [-0.3, -0.25) is 4.74 Å². The molecule has 0 spiro atoms. The first-order chi connectivity index (χ1) is 16.5. The fourth-order valence-corrected chi connectivity index (χ4v) is 3.38. The molecular weight excluding hydrogens is 436 g/mol. The molecular formula is C27H36O7. The second-order valence-corrected chi connectivity index (χ2v) is 7.86. The highest BCUT2D eigenvalue weighted by molar-refractivity contribution is 5.70. The topological polar surface area (TPSA) is 94.5 Å². The van der Waals surface area contributed by atoms with E-state index in [2.05, 4.69) is 6.58 Å². The Morgan fingerprint density at radius 1 is 0.882 bits per heavy atom. The number of phenols is 2. The lowest BCUT2D eigenvalue weighted by molar-refractivity contribution is -0.305. The Balaban J connectivity index is 2.21. The Kier molecular flexibility index (Phi) is 11.8. The Hall–Kier alpha value is -3.19. The first-order valence-electron chi connectivity index (χ1n) is 11.8. The Labute approximate surface area is 201 Å². The molecule has 34 heavy (non-hydrogen) atoms. The zero-order chi connectivity index (χ0) is 24.7. The molecule has 0 aliphatic rings. The van der Waals surface area contributed by atoms with Crippen LogP contribution in [0.15, 0.2) is 61.2 Å². The van der Waals surface area contributed by atoms with Gasteiger partial charge in [-0.25, -0.2) is 4.79 Å². The van der Waals surface area contributed by atoms with Crippen molar-refractivity contribution >= 4 is 5.97 Å². The maximum atomic E-state index is 12.1. The number of hydrogen-bond donors (Lipinski definition) is 2. The zero-order valence-corrected chi connectivity index (χ0v) is 19.9. The van der Waals surface area contributed by atoms with Crippen LogP contribution in [0.25, 0.3) is 0 Å². The van der Waals surface area contributed by atoms with Crippen LogP contribution in [0, 0.1) is 0 Å². The minimum absolute atomic E-state index is 0.102. The van der Waals surface area contributed by atoms with Gasteiger partial charge in [0.2, 0.25) is 0 Å². The summed E-state index contributed by atoms with van der Waals surface area (Å²) in [5, 5.41) is 20.6. The molecule has 0 radical (unpaired) electrons.